The van der Waals surface area contributed by atoms with Gasteiger partial charge in [-0.1, -0.05) is 34.1 Å². The molecule has 1 N–H and O–H groups in total. The molecule has 1 heterocycles. The van der Waals surface area contributed by atoms with Crippen LogP contribution in [0.15, 0.2) is 18.3 Å². The van der Waals surface area contributed by atoms with Gasteiger partial charge in [-0.05, 0) is 43.4 Å². The average molecular weight is 290 g/mol. The van der Waals surface area contributed by atoms with E-state index in [2.05, 4.69) is 38.0 Å². The lowest BCUT2D eigenvalue weighted by Crippen LogP contribution is -2.48. The Morgan fingerprint density at radius 2 is 2.14 bits per heavy atom. The fourth-order valence-electron chi connectivity index (χ4n) is 3.95. The van der Waals surface area contributed by atoms with Crippen LogP contribution in [0.1, 0.15) is 52.7 Å². The van der Waals surface area contributed by atoms with Gasteiger partial charge in [-0.3, -0.25) is 4.98 Å². The van der Waals surface area contributed by atoms with E-state index in [9.17, 15) is 0 Å². The number of methoxy groups -OCH3 is 1. The maximum Gasteiger partial charge on any atom is 0.140 e. The van der Waals surface area contributed by atoms with Gasteiger partial charge in [0, 0.05) is 17.7 Å². The summed E-state index contributed by atoms with van der Waals surface area (Å²) >= 11 is 0. The van der Waals surface area contributed by atoms with Crippen LogP contribution in [0.3, 0.4) is 0 Å². The molecule has 118 valence electrons. The molecule has 0 aromatic carbocycles. The van der Waals surface area contributed by atoms with E-state index >= 15 is 0 Å². The Labute approximate surface area is 129 Å². The van der Waals surface area contributed by atoms with E-state index in [1.54, 1.807) is 7.11 Å². The van der Waals surface area contributed by atoms with E-state index in [1.807, 2.05) is 18.3 Å². The molecule has 3 nitrogen and oxygen atoms in total. The molecule has 0 amide bonds. The predicted molar refractivity (Wildman–Crippen MR) is 87.8 cm³/mol. The summed E-state index contributed by atoms with van der Waals surface area (Å²) in [6, 6.07) is 4.54. The summed E-state index contributed by atoms with van der Waals surface area (Å²) in [5.74, 6) is 2.32. The van der Waals surface area contributed by atoms with Gasteiger partial charge < -0.3 is 10.1 Å². The summed E-state index contributed by atoms with van der Waals surface area (Å²) in [5, 5.41) is 3.71. The first-order chi connectivity index (χ1) is 10.0. The molecule has 1 aliphatic rings. The third kappa shape index (κ3) is 3.39. The van der Waals surface area contributed by atoms with E-state index in [4.69, 9.17) is 4.74 Å². The van der Waals surface area contributed by atoms with Crippen LogP contribution in [0.25, 0.3) is 0 Å². The maximum atomic E-state index is 5.56. The molecule has 0 bridgehead atoms. The molecule has 1 aromatic rings. The number of aromatic nitrogens is 1. The molecule has 1 fully saturated rings. The molecule has 3 unspecified atom stereocenters. The minimum atomic E-state index is 0.0135. The molecule has 0 saturated heterocycles. The van der Waals surface area contributed by atoms with Gasteiger partial charge in [-0.15, -0.1) is 0 Å². The second-order valence-corrected chi connectivity index (χ2v) is 6.96. The summed E-state index contributed by atoms with van der Waals surface area (Å²) in [4.78, 5) is 4.66. The number of rotatable bonds is 5. The summed E-state index contributed by atoms with van der Waals surface area (Å²) in [7, 11) is 1.74. The minimum Gasteiger partial charge on any atom is -0.495 e. The van der Waals surface area contributed by atoms with E-state index in [0.29, 0.717) is 12.0 Å². The van der Waals surface area contributed by atoms with Gasteiger partial charge in [0.1, 0.15) is 5.75 Å². The number of ether oxygens (including phenoxy) is 1. The summed E-state index contributed by atoms with van der Waals surface area (Å²) in [6.45, 7) is 10.2. The highest BCUT2D eigenvalue weighted by Gasteiger charge is 2.41. The van der Waals surface area contributed by atoms with Crippen molar-refractivity contribution in [2.24, 2.45) is 11.8 Å². The molecule has 21 heavy (non-hydrogen) atoms. The molecular weight excluding hydrogens is 260 g/mol. The Morgan fingerprint density at radius 1 is 1.38 bits per heavy atom. The molecular formula is C18H30N2O. The fraction of sp³-hybridized carbons (Fsp3) is 0.722. The normalized spacial score (nSPS) is 26.6. The molecule has 1 saturated carbocycles. The monoisotopic (exact) mass is 290 g/mol. The zero-order chi connectivity index (χ0) is 15.5. The number of nitrogens with zero attached hydrogens (tertiary/aromatic N) is 1. The lowest BCUT2D eigenvalue weighted by Gasteiger charge is -2.44. The quantitative estimate of drug-likeness (QED) is 0.896. The van der Waals surface area contributed by atoms with Crippen molar-refractivity contribution < 1.29 is 4.74 Å². The van der Waals surface area contributed by atoms with Crippen molar-refractivity contribution in [2.75, 3.05) is 13.7 Å². The van der Waals surface area contributed by atoms with Crippen molar-refractivity contribution in [3.63, 3.8) is 0 Å². The molecule has 3 heteroatoms. The summed E-state index contributed by atoms with van der Waals surface area (Å²) in [5.41, 5.74) is 1.11. The van der Waals surface area contributed by atoms with Gasteiger partial charge >= 0.3 is 0 Å². The SMILES string of the molecule is CCNC1CC(C)CCC1C(C)(C)c1ncccc1OC. The predicted octanol–water partition coefficient (Wildman–Crippen LogP) is 3.78. The van der Waals surface area contributed by atoms with Gasteiger partial charge in [0.05, 0.1) is 12.8 Å². The van der Waals surface area contributed by atoms with Crippen molar-refractivity contribution in [2.45, 2.75) is 58.4 Å². The van der Waals surface area contributed by atoms with Crippen molar-refractivity contribution in [1.82, 2.24) is 10.3 Å². The van der Waals surface area contributed by atoms with Gasteiger partial charge in [0.2, 0.25) is 0 Å². The first kappa shape index (κ1) is 16.3. The molecule has 3 atom stereocenters. The van der Waals surface area contributed by atoms with Gasteiger partial charge in [-0.25, -0.2) is 0 Å². The van der Waals surface area contributed by atoms with E-state index in [-0.39, 0.29) is 5.41 Å². The highest BCUT2D eigenvalue weighted by Crippen LogP contribution is 2.44. The van der Waals surface area contributed by atoms with Crippen molar-refractivity contribution in [3.05, 3.63) is 24.0 Å². The minimum absolute atomic E-state index is 0.0135. The molecule has 1 aromatic heterocycles. The Kier molecular flexibility index (Phi) is 5.26. The lowest BCUT2D eigenvalue weighted by atomic mass is 9.64. The van der Waals surface area contributed by atoms with Gasteiger partial charge in [0.15, 0.2) is 0 Å². The number of pyridine rings is 1. The summed E-state index contributed by atoms with van der Waals surface area (Å²) < 4.78 is 5.56. The van der Waals surface area contributed by atoms with Crippen molar-refractivity contribution in [3.8, 4) is 5.75 Å². The second kappa shape index (κ2) is 6.78. The number of hydrogen-bond donors (Lipinski definition) is 1. The number of hydrogen-bond acceptors (Lipinski definition) is 3. The molecule has 2 rings (SSSR count). The smallest absolute Gasteiger partial charge is 0.140 e. The second-order valence-electron chi connectivity index (χ2n) is 6.96. The van der Waals surface area contributed by atoms with Crippen LogP contribution < -0.4 is 10.1 Å². The number of nitrogens with one attached hydrogen (secondary N) is 1. The van der Waals surface area contributed by atoms with Crippen LogP contribution in [0.4, 0.5) is 0 Å². The highest BCUT2D eigenvalue weighted by molar-refractivity contribution is 5.33. The first-order valence-electron chi connectivity index (χ1n) is 8.23. The van der Waals surface area contributed by atoms with Crippen LogP contribution >= 0.6 is 0 Å². The van der Waals surface area contributed by atoms with Crippen LogP contribution in [-0.4, -0.2) is 24.7 Å². The lowest BCUT2D eigenvalue weighted by molar-refractivity contribution is 0.142. The molecule has 1 aliphatic carbocycles. The first-order valence-corrected chi connectivity index (χ1v) is 8.23. The van der Waals surface area contributed by atoms with Crippen LogP contribution in [0.5, 0.6) is 5.75 Å². The van der Waals surface area contributed by atoms with E-state index in [1.165, 1.54) is 19.3 Å². The van der Waals surface area contributed by atoms with Crippen LogP contribution in [0, 0.1) is 11.8 Å². The van der Waals surface area contributed by atoms with E-state index in [0.717, 1.165) is 23.9 Å². The Hall–Kier alpha value is -1.09. The standard InChI is InChI=1S/C18H30N2O/c1-6-19-15-12-13(2)9-10-14(15)18(3,4)17-16(21-5)8-7-11-20-17/h7-8,11,13-15,19H,6,9-10,12H2,1-5H3. The third-order valence-corrected chi connectivity index (χ3v) is 5.11. The van der Waals surface area contributed by atoms with Crippen molar-refractivity contribution in [1.29, 1.82) is 0 Å². The molecule has 0 radical (unpaired) electrons. The largest absolute Gasteiger partial charge is 0.495 e. The van der Waals surface area contributed by atoms with E-state index < -0.39 is 0 Å². The average Bonchev–Trinajstić information content (AvgIpc) is 2.47. The Balaban J connectivity index is 2.31. The third-order valence-electron chi connectivity index (χ3n) is 5.11. The maximum absolute atomic E-state index is 5.56. The van der Waals surface area contributed by atoms with Crippen LogP contribution in [0.2, 0.25) is 0 Å². The Morgan fingerprint density at radius 3 is 2.81 bits per heavy atom. The van der Waals surface area contributed by atoms with Gasteiger partial charge in [-0.2, -0.15) is 0 Å². The van der Waals surface area contributed by atoms with Crippen LogP contribution in [-0.2, 0) is 5.41 Å². The molecule has 0 aliphatic heterocycles. The molecule has 0 spiro atoms. The highest BCUT2D eigenvalue weighted by atomic mass is 16.5. The Bertz CT molecular complexity index is 458. The van der Waals surface area contributed by atoms with Crippen molar-refractivity contribution >= 4 is 0 Å². The summed E-state index contributed by atoms with van der Waals surface area (Å²) in [6.07, 6.45) is 5.71. The van der Waals surface area contributed by atoms with Gasteiger partial charge in [0.25, 0.3) is 0 Å². The topological polar surface area (TPSA) is 34.2 Å². The fourth-order valence-corrected chi connectivity index (χ4v) is 3.95. The zero-order valence-corrected chi connectivity index (χ0v) is 14.1. The zero-order valence-electron chi connectivity index (χ0n) is 14.1.